The van der Waals surface area contributed by atoms with Gasteiger partial charge in [-0.1, -0.05) is 44.5 Å². The molecule has 0 radical (unpaired) electrons. The molecule has 3 aliphatic carbocycles. The van der Waals surface area contributed by atoms with E-state index in [0.29, 0.717) is 11.3 Å². The fourth-order valence-corrected chi connectivity index (χ4v) is 6.26. The first-order valence-electron chi connectivity index (χ1n) is 12.7. The molecule has 2 unspecified atom stereocenters. The second kappa shape index (κ2) is 9.37. The predicted molar refractivity (Wildman–Crippen MR) is 139 cm³/mol. The van der Waals surface area contributed by atoms with Crippen LogP contribution in [-0.2, 0) is 0 Å². The molecule has 2 bridgehead atoms. The van der Waals surface area contributed by atoms with Gasteiger partial charge < -0.3 is 4.90 Å². The highest BCUT2D eigenvalue weighted by atomic mass is 35.5. The Balaban J connectivity index is 0.000000162. The highest BCUT2D eigenvalue weighted by molar-refractivity contribution is 6.30. The molecule has 1 aliphatic heterocycles. The zero-order valence-corrected chi connectivity index (χ0v) is 21.8. The van der Waals surface area contributed by atoms with Crippen LogP contribution in [0.5, 0.6) is 0 Å². The molecular formula is C28H38ClF2N3. The lowest BCUT2D eigenvalue weighted by Gasteiger charge is -2.27. The molecular weight excluding hydrogens is 452 g/mol. The smallest absolute Gasteiger partial charge is 0.285 e. The van der Waals surface area contributed by atoms with E-state index in [9.17, 15) is 8.78 Å². The second-order valence-corrected chi connectivity index (χ2v) is 11.4. The monoisotopic (exact) mass is 489 g/mol. The summed E-state index contributed by atoms with van der Waals surface area (Å²) in [6.45, 7) is 13.1. The van der Waals surface area contributed by atoms with Gasteiger partial charge in [-0.15, -0.1) is 0 Å². The van der Waals surface area contributed by atoms with Crippen LogP contribution in [0.4, 0.5) is 14.5 Å². The Morgan fingerprint density at radius 2 is 1.94 bits per heavy atom. The summed E-state index contributed by atoms with van der Waals surface area (Å²) in [4.78, 5) is 10.7. The third-order valence-corrected chi connectivity index (χ3v) is 8.92. The van der Waals surface area contributed by atoms with E-state index in [2.05, 4.69) is 48.3 Å². The van der Waals surface area contributed by atoms with Gasteiger partial charge in [-0.2, -0.15) is 0 Å². The summed E-state index contributed by atoms with van der Waals surface area (Å²) in [5, 5.41) is 0.785. The van der Waals surface area contributed by atoms with E-state index in [-0.39, 0.29) is 17.7 Å². The highest BCUT2D eigenvalue weighted by Crippen LogP contribution is 2.59. The zero-order valence-electron chi connectivity index (χ0n) is 21.0. The van der Waals surface area contributed by atoms with Crippen molar-refractivity contribution in [3.63, 3.8) is 0 Å². The number of aliphatic imine (C=N–C) groups is 2. The first-order chi connectivity index (χ1) is 16.0. The van der Waals surface area contributed by atoms with E-state index < -0.39 is 5.92 Å². The summed E-state index contributed by atoms with van der Waals surface area (Å²) in [7, 11) is 0. The number of rotatable bonds is 7. The molecule has 186 valence electrons. The lowest BCUT2D eigenvalue weighted by atomic mass is 9.83. The van der Waals surface area contributed by atoms with E-state index in [1.807, 2.05) is 18.2 Å². The molecule has 34 heavy (non-hydrogen) atoms. The van der Waals surface area contributed by atoms with E-state index in [4.69, 9.17) is 11.6 Å². The standard InChI is InChI=1S/C16H22ClN.C12H16F2N2/c1-5-16(4)11-15(16)12(3)18(6-2)14-9-7-8-13(17)10-14;1-11(13,14)9-7-15-10(16-9)12-4-2-8(6-12)3-5-12/h7-10,15H,3,5-6,11H2,1-2,4H3;8H,2-7H2,1H3. The molecule has 0 aromatic heterocycles. The van der Waals surface area contributed by atoms with Gasteiger partial charge in [-0.25, -0.2) is 13.8 Å². The van der Waals surface area contributed by atoms with Gasteiger partial charge in [-0.3, -0.25) is 4.99 Å². The van der Waals surface area contributed by atoms with Crippen LogP contribution in [0.15, 0.2) is 46.5 Å². The van der Waals surface area contributed by atoms with Gasteiger partial charge in [0.25, 0.3) is 5.92 Å². The normalized spacial score (nSPS) is 31.5. The van der Waals surface area contributed by atoms with Crippen molar-refractivity contribution >= 4 is 28.8 Å². The van der Waals surface area contributed by atoms with Gasteiger partial charge in [0.15, 0.2) is 0 Å². The minimum Gasteiger partial charge on any atom is -0.346 e. The molecule has 0 saturated heterocycles. The van der Waals surface area contributed by atoms with Crippen molar-refractivity contribution in [2.75, 3.05) is 18.0 Å². The van der Waals surface area contributed by atoms with Crippen LogP contribution < -0.4 is 4.90 Å². The van der Waals surface area contributed by atoms with Crippen LogP contribution in [0.25, 0.3) is 0 Å². The Kier molecular flexibility index (Phi) is 6.98. The SMILES string of the molecule is C=C(C1CC1(C)CC)N(CC)c1cccc(Cl)c1.CC(F)(F)C1=NC(C23CCC(CC2)C3)=NC1. The summed E-state index contributed by atoms with van der Waals surface area (Å²) in [5.74, 6) is -0.659. The Bertz CT molecular complexity index is 988. The van der Waals surface area contributed by atoms with Crippen molar-refractivity contribution in [2.24, 2.45) is 32.7 Å². The van der Waals surface area contributed by atoms with Crippen molar-refractivity contribution in [1.82, 2.24) is 0 Å². The van der Waals surface area contributed by atoms with Gasteiger partial charge in [0.1, 0.15) is 11.5 Å². The van der Waals surface area contributed by atoms with Crippen molar-refractivity contribution in [3.05, 3.63) is 41.6 Å². The number of allylic oxidation sites excluding steroid dienone is 1. The third-order valence-electron chi connectivity index (χ3n) is 8.69. The number of amidine groups is 1. The van der Waals surface area contributed by atoms with Crippen LogP contribution in [0.3, 0.4) is 0 Å². The van der Waals surface area contributed by atoms with Crippen LogP contribution in [0.1, 0.15) is 72.6 Å². The third kappa shape index (κ3) is 4.96. The Labute approximate surface area is 208 Å². The summed E-state index contributed by atoms with van der Waals surface area (Å²) in [6, 6.07) is 8.03. The molecule has 5 rings (SSSR count). The number of nitrogens with zero attached hydrogens (tertiary/aromatic N) is 3. The molecule has 4 aliphatic rings. The average Bonchev–Trinajstić information content (AvgIpc) is 3.25. The fraction of sp³-hybridized carbons (Fsp3) is 0.643. The molecule has 0 amide bonds. The largest absolute Gasteiger partial charge is 0.346 e. The maximum Gasteiger partial charge on any atom is 0.285 e. The molecule has 1 heterocycles. The average molecular weight is 490 g/mol. The lowest BCUT2D eigenvalue weighted by Crippen LogP contribution is -2.27. The molecule has 2 atom stereocenters. The number of benzene rings is 1. The van der Waals surface area contributed by atoms with Crippen LogP contribution in [0.2, 0.25) is 5.02 Å². The van der Waals surface area contributed by atoms with Crippen LogP contribution >= 0.6 is 11.6 Å². The Morgan fingerprint density at radius 3 is 2.41 bits per heavy atom. The fourth-order valence-electron chi connectivity index (χ4n) is 6.08. The molecule has 3 nitrogen and oxygen atoms in total. The molecule has 0 spiro atoms. The summed E-state index contributed by atoms with van der Waals surface area (Å²) >= 11 is 6.07. The van der Waals surface area contributed by atoms with Crippen LogP contribution in [0, 0.1) is 22.7 Å². The second-order valence-electron chi connectivity index (χ2n) is 11.0. The predicted octanol–water partition coefficient (Wildman–Crippen LogP) is 8.19. The first kappa shape index (κ1) is 25.3. The summed E-state index contributed by atoms with van der Waals surface area (Å²) < 4.78 is 26.2. The maximum absolute atomic E-state index is 13.1. The van der Waals surface area contributed by atoms with Gasteiger partial charge in [-0.05, 0) is 75.0 Å². The molecule has 3 saturated carbocycles. The quantitative estimate of drug-likeness (QED) is 0.379. The van der Waals surface area contributed by atoms with Crippen LogP contribution in [-0.4, -0.2) is 30.6 Å². The number of halogens is 3. The Morgan fingerprint density at radius 1 is 1.24 bits per heavy atom. The number of alkyl halides is 2. The van der Waals surface area contributed by atoms with Gasteiger partial charge in [0.05, 0.1) is 6.54 Å². The van der Waals surface area contributed by atoms with Gasteiger partial charge in [0, 0.05) is 41.2 Å². The summed E-state index contributed by atoms with van der Waals surface area (Å²) in [5.41, 5.74) is 2.87. The van der Waals surface area contributed by atoms with E-state index >= 15 is 0 Å². The number of anilines is 1. The van der Waals surface area contributed by atoms with E-state index in [1.165, 1.54) is 31.4 Å². The Hall–Kier alpha value is -1.75. The topological polar surface area (TPSA) is 28.0 Å². The molecule has 3 fully saturated rings. The maximum atomic E-state index is 13.1. The summed E-state index contributed by atoms with van der Waals surface area (Å²) in [6.07, 6.45) is 8.27. The number of hydrogen-bond acceptors (Lipinski definition) is 3. The van der Waals surface area contributed by atoms with Gasteiger partial charge >= 0.3 is 0 Å². The lowest BCUT2D eigenvalue weighted by molar-refractivity contribution is 0.0997. The molecule has 0 N–H and O–H groups in total. The zero-order chi connectivity index (χ0) is 24.7. The van der Waals surface area contributed by atoms with Crippen molar-refractivity contribution in [1.29, 1.82) is 0 Å². The molecule has 1 aromatic carbocycles. The number of fused-ring (bicyclic) bond motifs is 2. The van der Waals surface area contributed by atoms with Crippen molar-refractivity contribution in [3.8, 4) is 0 Å². The first-order valence-corrected chi connectivity index (χ1v) is 13.1. The molecule has 6 heteroatoms. The minimum absolute atomic E-state index is 0.0489. The van der Waals surface area contributed by atoms with Crippen molar-refractivity contribution < 1.29 is 8.78 Å². The highest BCUT2D eigenvalue weighted by Gasteiger charge is 2.51. The van der Waals surface area contributed by atoms with E-state index in [1.54, 1.807) is 0 Å². The minimum atomic E-state index is -2.81. The van der Waals surface area contributed by atoms with E-state index in [0.717, 1.165) is 55.2 Å². The van der Waals surface area contributed by atoms with Gasteiger partial charge in [0.2, 0.25) is 0 Å². The number of hydrogen-bond donors (Lipinski definition) is 0. The molecule has 1 aromatic rings. The van der Waals surface area contributed by atoms with Crippen molar-refractivity contribution in [2.45, 2.75) is 78.6 Å².